The van der Waals surface area contributed by atoms with Crippen LogP contribution < -0.4 is 15.5 Å². The average molecular weight is 379 g/mol. The largest absolute Gasteiger partial charge is 0.326 e. The first-order valence-corrected chi connectivity index (χ1v) is 9.42. The second-order valence-electron chi connectivity index (χ2n) is 7.40. The molecule has 146 valence electrons. The van der Waals surface area contributed by atoms with Crippen LogP contribution in [0.1, 0.15) is 38.7 Å². The maximum absolute atomic E-state index is 12.6. The smallest absolute Gasteiger partial charge is 0.229 e. The van der Waals surface area contributed by atoms with Gasteiger partial charge in [-0.1, -0.05) is 32.0 Å². The van der Waals surface area contributed by atoms with Gasteiger partial charge in [0.05, 0.1) is 5.92 Å². The summed E-state index contributed by atoms with van der Waals surface area (Å²) in [6, 6.07) is 14.9. The van der Waals surface area contributed by atoms with Gasteiger partial charge in [0.15, 0.2) is 0 Å². The molecular weight excluding hydrogens is 354 g/mol. The zero-order valence-electron chi connectivity index (χ0n) is 16.4. The number of rotatable bonds is 5. The van der Waals surface area contributed by atoms with Gasteiger partial charge in [-0.25, -0.2) is 0 Å². The number of hydrogen-bond donors (Lipinski definition) is 2. The lowest BCUT2D eigenvalue weighted by molar-refractivity contribution is -0.122. The summed E-state index contributed by atoms with van der Waals surface area (Å²) >= 11 is 0. The van der Waals surface area contributed by atoms with E-state index in [0.717, 1.165) is 5.69 Å². The summed E-state index contributed by atoms with van der Waals surface area (Å²) in [4.78, 5) is 37.9. The van der Waals surface area contributed by atoms with Gasteiger partial charge in [-0.05, 0) is 41.8 Å². The summed E-state index contributed by atoms with van der Waals surface area (Å²) < 4.78 is 0. The Morgan fingerprint density at radius 2 is 1.75 bits per heavy atom. The van der Waals surface area contributed by atoms with Crippen LogP contribution in [0.3, 0.4) is 0 Å². The van der Waals surface area contributed by atoms with E-state index in [-0.39, 0.29) is 24.1 Å². The highest BCUT2D eigenvalue weighted by molar-refractivity contribution is 6.04. The van der Waals surface area contributed by atoms with E-state index in [4.69, 9.17) is 0 Å². The number of nitrogens with one attached hydrogen (secondary N) is 2. The van der Waals surface area contributed by atoms with Gasteiger partial charge in [0, 0.05) is 37.0 Å². The molecule has 28 heavy (non-hydrogen) atoms. The number of hydrogen-bond acceptors (Lipinski definition) is 3. The van der Waals surface area contributed by atoms with Crippen molar-refractivity contribution < 1.29 is 14.4 Å². The minimum atomic E-state index is -0.415. The van der Waals surface area contributed by atoms with Crippen LogP contribution in [0.4, 0.5) is 17.1 Å². The molecule has 6 heteroatoms. The number of nitrogens with zero attached hydrogens (tertiary/aromatic N) is 1. The van der Waals surface area contributed by atoms with Gasteiger partial charge in [-0.2, -0.15) is 0 Å². The molecule has 0 aliphatic carbocycles. The number of benzene rings is 2. The van der Waals surface area contributed by atoms with Gasteiger partial charge in [-0.15, -0.1) is 0 Å². The molecule has 0 spiro atoms. The molecule has 0 bridgehead atoms. The first kappa shape index (κ1) is 19.6. The van der Waals surface area contributed by atoms with Crippen LogP contribution in [-0.4, -0.2) is 24.3 Å². The normalized spacial score (nSPS) is 16.4. The van der Waals surface area contributed by atoms with Crippen molar-refractivity contribution in [2.45, 2.75) is 33.1 Å². The van der Waals surface area contributed by atoms with Crippen LogP contribution in [0.15, 0.2) is 48.5 Å². The lowest BCUT2D eigenvalue weighted by atomic mass is 10.0. The fourth-order valence-electron chi connectivity index (χ4n) is 3.28. The van der Waals surface area contributed by atoms with Crippen LogP contribution in [-0.2, 0) is 14.4 Å². The lowest BCUT2D eigenvalue weighted by Gasteiger charge is -2.18. The topological polar surface area (TPSA) is 78.5 Å². The van der Waals surface area contributed by atoms with Gasteiger partial charge in [0.25, 0.3) is 0 Å². The van der Waals surface area contributed by atoms with E-state index in [1.165, 1.54) is 12.5 Å². The van der Waals surface area contributed by atoms with E-state index >= 15 is 0 Å². The van der Waals surface area contributed by atoms with Crippen molar-refractivity contribution in [2.75, 3.05) is 22.1 Å². The van der Waals surface area contributed by atoms with E-state index in [1.54, 1.807) is 29.2 Å². The molecule has 3 rings (SSSR count). The monoisotopic (exact) mass is 379 g/mol. The Labute approximate surface area is 164 Å². The number of carbonyl (C=O) groups excluding carboxylic acids is 3. The van der Waals surface area contributed by atoms with E-state index < -0.39 is 5.92 Å². The molecule has 6 nitrogen and oxygen atoms in total. The van der Waals surface area contributed by atoms with Crippen molar-refractivity contribution >= 4 is 34.8 Å². The van der Waals surface area contributed by atoms with Gasteiger partial charge < -0.3 is 15.5 Å². The summed E-state index contributed by atoms with van der Waals surface area (Å²) in [6.45, 7) is 5.99. The Morgan fingerprint density at radius 3 is 2.39 bits per heavy atom. The maximum atomic E-state index is 12.6. The van der Waals surface area contributed by atoms with E-state index in [0.29, 0.717) is 23.8 Å². The minimum Gasteiger partial charge on any atom is -0.326 e. The fraction of sp³-hybridized carbons (Fsp3) is 0.318. The van der Waals surface area contributed by atoms with E-state index in [9.17, 15) is 14.4 Å². The third kappa shape index (κ3) is 4.57. The molecule has 0 unspecified atom stereocenters. The molecule has 1 saturated heterocycles. The summed E-state index contributed by atoms with van der Waals surface area (Å²) in [5.41, 5.74) is 3.23. The van der Waals surface area contributed by atoms with Gasteiger partial charge in [-0.3, -0.25) is 14.4 Å². The number of anilines is 3. The van der Waals surface area contributed by atoms with Crippen molar-refractivity contribution in [2.24, 2.45) is 5.92 Å². The Bertz CT molecular complexity index is 890. The van der Waals surface area contributed by atoms with Crippen LogP contribution in [0.25, 0.3) is 0 Å². The molecule has 1 aliphatic heterocycles. The Balaban J connectivity index is 1.66. The molecule has 0 saturated carbocycles. The molecule has 2 N–H and O–H groups in total. The summed E-state index contributed by atoms with van der Waals surface area (Å²) in [7, 11) is 0. The number of amides is 3. The molecule has 1 heterocycles. The first-order chi connectivity index (χ1) is 13.3. The average Bonchev–Trinajstić information content (AvgIpc) is 3.04. The highest BCUT2D eigenvalue weighted by Crippen LogP contribution is 2.28. The second kappa shape index (κ2) is 8.25. The zero-order valence-corrected chi connectivity index (χ0v) is 16.4. The van der Waals surface area contributed by atoms with Gasteiger partial charge in [0.1, 0.15) is 0 Å². The van der Waals surface area contributed by atoms with Crippen molar-refractivity contribution in [1.29, 1.82) is 0 Å². The van der Waals surface area contributed by atoms with Crippen molar-refractivity contribution in [3.8, 4) is 0 Å². The van der Waals surface area contributed by atoms with Gasteiger partial charge in [0.2, 0.25) is 17.7 Å². The SMILES string of the molecule is CC(=O)Nc1cccc(N2C[C@H](C(=O)Nc3ccc(C(C)C)cc3)CC2=O)c1. The standard InChI is InChI=1S/C22H25N3O3/c1-14(2)16-7-9-18(10-8-16)24-22(28)17-11-21(27)25(13-17)20-6-4-5-19(12-20)23-15(3)26/h4-10,12,14,17H,11,13H2,1-3H3,(H,23,26)(H,24,28)/t17-/m1/s1. The van der Waals surface area contributed by atoms with E-state index in [1.807, 2.05) is 24.3 Å². The lowest BCUT2D eigenvalue weighted by Crippen LogP contribution is -2.28. The van der Waals surface area contributed by atoms with Gasteiger partial charge >= 0.3 is 0 Å². The predicted molar refractivity (Wildman–Crippen MR) is 110 cm³/mol. The van der Waals surface area contributed by atoms with Crippen LogP contribution in [0.2, 0.25) is 0 Å². The third-order valence-corrected chi connectivity index (χ3v) is 4.82. The minimum absolute atomic E-state index is 0.102. The first-order valence-electron chi connectivity index (χ1n) is 9.42. The third-order valence-electron chi connectivity index (χ3n) is 4.82. The molecule has 1 atom stereocenters. The molecular formula is C22H25N3O3. The number of carbonyl (C=O) groups is 3. The van der Waals surface area contributed by atoms with Crippen LogP contribution in [0, 0.1) is 5.92 Å². The van der Waals surface area contributed by atoms with E-state index in [2.05, 4.69) is 24.5 Å². The second-order valence-corrected chi connectivity index (χ2v) is 7.40. The van der Waals surface area contributed by atoms with Crippen molar-refractivity contribution in [3.63, 3.8) is 0 Å². The fourth-order valence-corrected chi connectivity index (χ4v) is 3.28. The highest BCUT2D eigenvalue weighted by atomic mass is 16.2. The molecule has 1 aliphatic rings. The van der Waals surface area contributed by atoms with Crippen LogP contribution >= 0.6 is 0 Å². The van der Waals surface area contributed by atoms with Crippen molar-refractivity contribution in [1.82, 2.24) is 0 Å². The Hall–Kier alpha value is -3.15. The molecule has 1 fully saturated rings. The molecule has 3 amide bonds. The molecule has 0 aromatic heterocycles. The quantitative estimate of drug-likeness (QED) is 0.830. The maximum Gasteiger partial charge on any atom is 0.229 e. The Kier molecular flexibility index (Phi) is 5.78. The summed E-state index contributed by atoms with van der Waals surface area (Å²) in [5, 5.41) is 5.61. The summed E-state index contributed by atoms with van der Waals surface area (Å²) in [6.07, 6.45) is 0.167. The predicted octanol–water partition coefficient (Wildman–Crippen LogP) is 3.76. The molecule has 2 aromatic carbocycles. The van der Waals surface area contributed by atoms with Crippen molar-refractivity contribution in [3.05, 3.63) is 54.1 Å². The van der Waals surface area contributed by atoms with Crippen LogP contribution in [0.5, 0.6) is 0 Å². The molecule has 0 radical (unpaired) electrons. The Morgan fingerprint density at radius 1 is 1.04 bits per heavy atom. The summed E-state index contributed by atoms with van der Waals surface area (Å²) in [5.74, 6) is -0.423. The highest BCUT2D eigenvalue weighted by Gasteiger charge is 2.35. The zero-order chi connectivity index (χ0) is 20.3. The molecule has 2 aromatic rings.